The van der Waals surface area contributed by atoms with Crippen LogP contribution in [-0.4, -0.2) is 13.1 Å². The third kappa shape index (κ3) is 54.0. The monoisotopic (exact) mass is 774 g/mol. The fourth-order valence-electron chi connectivity index (χ4n) is 8.90. The summed E-state index contributed by atoms with van der Waals surface area (Å²) in [5, 5.41) is 3.71. The summed E-state index contributed by atoms with van der Waals surface area (Å²) >= 11 is 0. The molecule has 0 aromatic carbocycles. The predicted molar refractivity (Wildman–Crippen MR) is 255 cm³/mol. The second-order valence-electron chi connectivity index (χ2n) is 18.7. The van der Waals surface area contributed by atoms with Gasteiger partial charge in [0.1, 0.15) is 0 Å². The maximum absolute atomic E-state index is 3.71. The lowest BCUT2D eigenvalue weighted by Crippen LogP contribution is -2.16. The summed E-state index contributed by atoms with van der Waals surface area (Å²) in [6, 6.07) is 0. The number of unbranched alkanes of at least 4 members (excludes halogenated alkanes) is 48. The second kappa shape index (κ2) is 54.0. The van der Waals surface area contributed by atoms with Gasteiger partial charge >= 0.3 is 0 Å². The van der Waals surface area contributed by atoms with Crippen LogP contribution in [0.25, 0.3) is 0 Å². The van der Waals surface area contributed by atoms with Crippen molar-refractivity contribution in [1.29, 1.82) is 0 Å². The molecule has 0 saturated heterocycles. The highest BCUT2D eigenvalue weighted by Gasteiger charge is 1.99. The largest absolute Gasteiger partial charge is 0.317 e. The average molecular weight is 774 g/mol. The van der Waals surface area contributed by atoms with Crippen LogP contribution in [0.1, 0.15) is 335 Å². The number of nitrogens with one attached hydrogen (secondary N) is 1. The molecule has 0 aromatic rings. The van der Waals surface area contributed by atoms with Gasteiger partial charge in [0, 0.05) is 0 Å². The maximum atomic E-state index is 3.71. The van der Waals surface area contributed by atoms with Crippen molar-refractivity contribution in [3.05, 3.63) is 0 Å². The normalized spacial score (nSPS) is 11.7. The molecule has 0 unspecified atom stereocenters. The Kier molecular flexibility index (Phi) is 53.9. The highest BCUT2D eigenvalue weighted by atomic mass is 14.8. The summed E-state index contributed by atoms with van der Waals surface area (Å²) in [4.78, 5) is 0. The lowest BCUT2D eigenvalue weighted by Gasteiger charge is -2.06. The molecule has 0 aliphatic rings. The Hall–Kier alpha value is -0.0400. The first kappa shape index (κ1) is 55.0. The van der Waals surface area contributed by atoms with Crippen molar-refractivity contribution in [3.63, 3.8) is 0 Å². The first-order valence-electron chi connectivity index (χ1n) is 27.1. The van der Waals surface area contributed by atoms with E-state index in [4.69, 9.17) is 0 Å². The van der Waals surface area contributed by atoms with Gasteiger partial charge in [-0.1, -0.05) is 322 Å². The minimum Gasteiger partial charge on any atom is -0.317 e. The minimum atomic E-state index is 1.25. The van der Waals surface area contributed by atoms with E-state index in [1.54, 1.807) is 0 Å². The molecule has 0 aliphatic heterocycles. The molecule has 0 heterocycles. The molecular formula is C54H111N. The number of hydrogen-bond donors (Lipinski definition) is 1. The molecule has 0 atom stereocenters. The van der Waals surface area contributed by atoms with E-state index in [1.165, 1.54) is 334 Å². The smallest absolute Gasteiger partial charge is 0.00489 e. The van der Waals surface area contributed by atoms with Crippen molar-refractivity contribution in [2.75, 3.05) is 13.1 Å². The van der Waals surface area contributed by atoms with Gasteiger partial charge in [-0.2, -0.15) is 0 Å². The van der Waals surface area contributed by atoms with Gasteiger partial charge in [-0.25, -0.2) is 0 Å². The predicted octanol–water partition coefficient (Wildman–Crippen LogP) is 20.1. The number of hydrogen-bond acceptors (Lipinski definition) is 1. The molecular weight excluding hydrogens is 663 g/mol. The van der Waals surface area contributed by atoms with E-state index >= 15 is 0 Å². The molecule has 0 bridgehead atoms. The summed E-state index contributed by atoms with van der Waals surface area (Å²) < 4.78 is 0. The molecule has 55 heavy (non-hydrogen) atoms. The van der Waals surface area contributed by atoms with Crippen LogP contribution >= 0.6 is 0 Å². The summed E-state index contributed by atoms with van der Waals surface area (Å²) in [6.45, 7) is 7.12. The quantitative estimate of drug-likeness (QED) is 0.0607. The molecule has 0 aliphatic carbocycles. The molecule has 0 amide bonds. The Morgan fingerprint density at radius 3 is 0.382 bits per heavy atom. The van der Waals surface area contributed by atoms with Gasteiger partial charge in [0.2, 0.25) is 0 Å². The van der Waals surface area contributed by atoms with Crippen LogP contribution in [0.5, 0.6) is 0 Å². The van der Waals surface area contributed by atoms with E-state index < -0.39 is 0 Å². The van der Waals surface area contributed by atoms with Gasteiger partial charge in [0.15, 0.2) is 0 Å². The Morgan fingerprint density at radius 2 is 0.255 bits per heavy atom. The van der Waals surface area contributed by atoms with E-state index in [-0.39, 0.29) is 0 Å². The lowest BCUT2D eigenvalue weighted by molar-refractivity contribution is 0.509. The highest BCUT2D eigenvalue weighted by molar-refractivity contribution is 4.55. The van der Waals surface area contributed by atoms with Crippen molar-refractivity contribution in [2.45, 2.75) is 335 Å². The molecule has 0 aromatic heterocycles. The first-order valence-corrected chi connectivity index (χ1v) is 27.1. The Bertz CT molecular complexity index is 562. The fraction of sp³-hybridized carbons (Fsp3) is 1.00. The van der Waals surface area contributed by atoms with Crippen molar-refractivity contribution >= 4 is 0 Å². The zero-order valence-corrected chi connectivity index (χ0v) is 39.3. The Labute approximate surface area is 352 Å². The average Bonchev–Trinajstić information content (AvgIpc) is 3.20. The van der Waals surface area contributed by atoms with Gasteiger partial charge < -0.3 is 5.32 Å². The van der Waals surface area contributed by atoms with Crippen LogP contribution in [0.4, 0.5) is 0 Å². The fourth-order valence-corrected chi connectivity index (χ4v) is 8.90. The topological polar surface area (TPSA) is 12.0 Å². The SMILES string of the molecule is CCCCCCCCCCCCCCCCCCCCCCCCCCCCCCCCCCCCCCNCCCCCCCCCCCCCCCC. The molecule has 0 fully saturated rings. The van der Waals surface area contributed by atoms with Gasteiger partial charge in [-0.3, -0.25) is 0 Å². The zero-order chi connectivity index (χ0) is 39.5. The molecule has 1 N–H and O–H groups in total. The third-order valence-corrected chi connectivity index (χ3v) is 12.9. The summed E-state index contributed by atoms with van der Waals surface area (Å²) in [5.41, 5.74) is 0. The van der Waals surface area contributed by atoms with Crippen LogP contribution in [0.15, 0.2) is 0 Å². The Balaban J connectivity index is 3.05. The van der Waals surface area contributed by atoms with Gasteiger partial charge in [0.05, 0.1) is 0 Å². The zero-order valence-electron chi connectivity index (χ0n) is 39.3. The van der Waals surface area contributed by atoms with Crippen LogP contribution in [0, 0.1) is 0 Å². The van der Waals surface area contributed by atoms with Crippen LogP contribution in [0.2, 0.25) is 0 Å². The van der Waals surface area contributed by atoms with E-state index in [2.05, 4.69) is 19.2 Å². The van der Waals surface area contributed by atoms with Gasteiger partial charge in [-0.15, -0.1) is 0 Å². The van der Waals surface area contributed by atoms with E-state index in [1.807, 2.05) is 0 Å². The molecule has 0 spiro atoms. The number of rotatable bonds is 52. The highest BCUT2D eigenvalue weighted by Crippen LogP contribution is 2.18. The van der Waals surface area contributed by atoms with Crippen molar-refractivity contribution in [1.82, 2.24) is 5.32 Å². The summed E-state index contributed by atoms with van der Waals surface area (Å²) in [7, 11) is 0. The van der Waals surface area contributed by atoms with Crippen molar-refractivity contribution < 1.29 is 0 Å². The lowest BCUT2D eigenvalue weighted by atomic mass is 10.0. The molecule has 0 rings (SSSR count). The van der Waals surface area contributed by atoms with Crippen LogP contribution in [0.3, 0.4) is 0 Å². The van der Waals surface area contributed by atoms with E-state index in [9.17, 15) is 0 Å². The third-order valence-electron chi connectivity index (χ3n) is 12.9. The van der Waals surface area contributed by atoms with E-state index in [0.717, 1.165) is 0 Å². The molecule has 1 heteroatoms. The van der Waals surface area contributed by atoms with Crippen LogP contribution < -0.4 is 5.32 Å². The van der Waals surface area contributed by atoms with Gasteiger partial charge in [-0.05, 0) is 25.9 Å². The maximum Gasteiger partial charge on any atom is -0.00489 e. The van der Waals surface area contributed by atoms with Crippen LogP contribution in [-0.2, 0) is 0 Å². The Morgan fingerprint density at radius 1 is 0.145 bits per heavy atom. The second-order valence-corrected chi connectivity index (χ2v) is 18.7. The molecule has 0 radical (unpaired) electrons. The first-order chi connectivity index (χ1) is 27.4. The molecule has 0 saturated carbocycles. The molecule has 1 nitrogen and oxygen atoms in total. The standard InChI is InChI=1S/C54H111N/c1-3-5-7-9-11-13-15-17-19-20-21-22-23-24-25-26-27-28-29-30-31-32-33-34-35-36-37-38-39-40-42-44-46-48-50-52-54-55-53-51-49-47-45-43-41-18-16-14-12-10-8-6-4-2/h55H,3-54H2,1-2H3. The van der Waals surface area contributed by atoms with Crippen molar-refractivity contribution in [2.24, 2.45) is 0 Å². The summed E-state index contributed by atoms with van der Waals surface area (Å²) in [5.74, 6) is 0. The van der Waals surface area contributed by atoms with Crippen molar-refractivity contribution in [3.8, 4) is 0 Å². The van der Waals surface area contributed by atoms with Gasteiger partial charge in [0.25, 0.3) is 0 Å². The minimum absolute atomic E-state index is 1.25. The summed E-state index contributed by atoms with van der Waals surface area (Å²) in [6.07, 6.45) is 73.7. The van der Waals surface area contributed by atoms with E-state index in [0.29, 0.717) is 0 Å². The molecule has 332 valence electrons.